The summed E-state index contributed by atoms with van der Waals surface area (Å²) in [6, 6.07) is 0. The molecule has 0 saturated carbocycles. The van der Waals surface area contributed by atoms with Crippen LogP contribution in [0.5, 0.6) is 0 Å². The predicted molar refractivity (Wildman–Crippen MR) is 132 cm³/mol. The Morgan fingerprint density at radius 2 is 1.09 bits per heavy atom. The Morgan fingerprint density at radius 3 is 1.59 bits per heavy atom. The normalized spacial score (nSPS) is 14.8. The summed E-state index contributed by atoms with van der Waals surface area (Å²) < 4.78 is 10.4. The fourth-order valence-electron chi connectivity index (χ4n) is 4.22. The number of methoxy groups -OCH3 is 2. The molecule has 0 aliphatic heterocycles. The summed E-state index contributed by atoms with van der Waals surface area (Å²) in [6.07, 6.45) is 24.1. The van der Waals surface area contributed by atoms with Crippen molar-refractivity contribution in [3.05, 3.63) is 34.8 Å². The van der Waals surface area contributed by atoms with Gasteiger partial charge in [0, 0.05) is 11.1 Å². The maximum Gasteiger partial charge on any atom is 0.227 e. The molecule has 0 aromatic rings. The first kappa shape index (κ1) is 28.2. The van der Waals surface area contributed by atoms with Gasteiger partial charge in [-0.25, -0.2) is 0 Å². The minimum Gasteiger partial charge on any atom is -0.492 e. The highest BCUT2D eigenvalue weighted by Crippen LogP contribution is 2.29. The molecule has 0 aromatic carbocycles. The molecule has 0 saturated heterocycles. The lowest BCUT2D eigenvalue weighted by Crippen LogP contribution is -2.25. The zero-order valence-electron chi connectivity index (χ0n) is 21.1. The molecule has 0 atom stereocenters. The molecule has 0 aromatic heterocycles. The molecule has 0 unspecified atom stereocenters. The summed E-state index contributed by atoms with van der Waals surface area (Å²) in [5, 5.41) is 0. The van der Waals surface area contributed by atoms with Crippen LogP contribution in [0.3, 0.4) is 0 Å². The van der Waals surface area contributed by atoms with Crippen molar-refractivity contribution in [1.29, 1.82) is 0 Å². The second-order valence-corrected chi connectivity index (χ2v) is 8.87. The number of ketones is 2. The largest absolute Gasteiger partial charge is 0.492 e. The minimum absolute atomic E-state index is 0.161. The molecule has 0 fully saturated rings. The van der Waals surface area contributed by atoms with Crippen LogP contribution in [0.1, 0.15) is 117 Å². The first-order valence-electron chi connectivity index (χ1n) is 12.8. The summed E-state index contributed by atoms with van der Waals surface area (Å²) in [5.41, 5.74) is 0.800. The molecule has 0 heterocycles. The fourth-order valence-corrected chi connectivity index (χ4v) is 4.22. The van der Waals surface area contributed by atoms with Crippen molar-refractivity contribution in [2.75, 3.05) is 14.2 Å². The highest BCUT2D eigenvalue weighted by Gasteiger charge is 2.33. The van der Waals surface area contributed by atoms with Crippen LogP contribution in [0, 0.1) is 0 Å². The molecular formula is C28H46O4. The van der Waals surface area contributed by atoms with E-state index in [0.29, 0.717) is 17.6 Å². The van der Waals surface area contributed by atoms with Crippen molar-refractivity contribution in [2.24, 2.45) is 0 Å². The number of carbonyl (C=O) groups is 2. The van der Waals surface area contributed by atoms with Crippen LogP contribution >= 0.6 is 0 Å². The molecule has 32 heavy (non-hydrogen) atoms. The average molecular weight is 447 g/mol. The second-order valence-electron chi connectivity index (χ2n) is 8.87. The van der Waals surface area contributed by atoms with Gasteiger partial charge in [0.1, 0.15) is 0 Å². The maximum absolute atomic E-state index is 12.6. The number of carbonyl (C=O) groups excluding carboxylic acids is 2. The molecule has 0 amide bonds. The lowest BCUT2D eigenvalue weighted by molar-refractivity contribution is -0.120. The van der Waals surface area contributed by atoms with Gasteiger partial charge in [0.2, 0.25) is 11.6 Å². The molecule has 0 N–H and O–H groups in total. The summed E-state index contributed by atoms with van der Waals surface area (Å²) in [4.78, 5) is 25.0. The van der Waals surface area contributed by atoms with Gasteiger partial charge in [0.25, 0.3) is 0 Å². The Kier molecular flexibility index (Phi) is 15.6. The van der Waals surface area contributed by atoms with Crippen LogP contribution in [0.25, 0.3) is 0 Å². The van der Waals surface area contributed by atoms with Gasteiger partial charge in [0.15, 0.2) is 11.5 Å². The van der Waals surface area contributed by atoms with E-state index in [1.807, 2.05) is 0 Å². The summed E-state index contributed by atoms with van der Waals surface area (Å²) >= 11 is 0. The number of unbranched alkanes of at least 4 members (excludes halogenated alkanes) is 13. The highest BCUT2D eigenvalue weighted by atomic mass is 16.5. The van der Waals surface area contributed by atoms with Crippen LogP contribution in [0.15, 0.2) is 34.8 Å². The Hall–Kier alpha value is -1.84. The maximum atomic E-state index is 12.6. The van der Waals surface area contributed by atoms with Crippen LogP contribution in [-0.2, 0) is 19.1 Å². The quantitative estimate of drug-likeness (QED) is 0.115. The van der Waals surface area contributed by atoms with E-state index in [1.54, 1.807) is 6.92 Å². The van der Waals surface area contributed by atoms with Gasteiger partial charge < -0.3 is 9.47 Å². The van der Waals surface area contributed by atoms with E-state index in [0.717, 1.165) is 12.8 Å². The molecule has 0 spiro atoms. The number of rotatable bonds is 19. The lowest BCUT2D eigenvalue weighted by atomic mass is 9.90. The van der Waals surface area contributed by atoms with Crippen molar-refractivity contribution in [1.82, 2.24) is 0 Å². The van der Waals surface area contributed by atoms with E-state index in [9.17, 15) is 9.59 Å². The Morgan fingerprint density at radius 1 is 0.625 bits per heavy atom. The van der Waals surface area contributed by atoms with Gasteiger partial charge >= 0.3 is 0 Å². The first-order valence-corrected chi connectivity index (χ1v) is 12.8. The SMILES string of the molecule is CCCC/C=C\CCCCCCCCCCCCCC1=C(OC)C(=O)C(C)=C(OC)C1=O. The van der Waals surface area contributed by atoms with E-state index < -0.39 is 0 Å². The molecular weight excluding hydrogens is 400 g/mol. The van der Waals surface area contributed by atoms with Crippen LogP contribution < -0.4 is 0 Å². The topological polar surface area (TPSA) is 52.6 Å². The van der Waals surface area contributed by atoms with Gasteiger partial charge in [-0.1, -0.05) is 89.7 Å². The van der Waals surface area contributed by atoms with Crippen LogP contribution in [0.4, 0.5) is 0 Å². The third-order valence-corrected chi connectivity index (χ3v) is 6.24. The van der Waals surface area contributed by atoms with Gasteiger partial charge in [0.05, 0.1) is 14.2 Å². The summed E-state index contributed by atoms with van der Waals surface area (Å²) in [5.74, 6) is -0.0774. The Balaban J connectivity index is 2.06. The average Bonchev–Trinajstić information content (AvgIpc) is 2.79. The Labute approximate surface area is 196 Å². The fraction of sp³-hybridized carbons (Fsp3) is 0.714. The van der Waals surface area contributed by atoms with Gasteiger partial charge in [-0.2, -0.15) is 0 Å². The first-order chi connectivity index (χ1) is 15.6. The molecule has 4 nitrogen and oxygen atoms in total. The zero-order valence-corrected chi connectivity index (χ0v) is 21.1. The summed E-state index contributed by atoms with van der Waals surface area (Å²) in [6.45, 7) is 3.85. The van der Waals surface area contributed by atoms with E-state index >= 15 is 0 Å². The minimum atomic E-state index is -0.234. The summed E-state index contributed by atoms with van der Waals surface area (Å²) in [7, 11) is 2.89. The molecule has 1 rings (SSSR count). The molecule has 0 bridgehead atoms. The monoisotopic (exact) mass is 446 g/mol. The van der Waals surface area contributed by atoms with Gasteiger partial charge in [-0.15, -0.1) is 0 Å². The van der Waals surface area contributed by atoms with Gasteiger partial charge in [-0.05, 0) is 39.0 Å². The van der Waals surface area contributed by atoms with Crippen molar-refractivity contribution in [2.45, 2.75) is 117 Å². The van der Waals surface area contributed by atoms with E-state index in [-0.39, 0.29) is 23.1 Å². The lowest BCUT2D eigenvalue weighted by Gasteiger charge is -2.20. The standard InChI is InChI=1S/C28H46O4/c1-5-6-7-8-9-10-11-12-13-14-15-16-17-18-19-20-21-22-24-26(30)27(31-3)23(2)25(29)28(24)32-4/h8-9H,5-7,10-22H2,1-4H3/b9-8-. The van der Waals surface area contributed by atoms with Crippen molar-refractivity contribution < 1.29 is 19.1 Å². The van der Waals surface area contributed by atoms with E-state index in [4.69, 9.17) is 9.47 Å². The number of hydrogen-bond donors (Lipinski definition) is 0. The third-order valence-electron chi connectivity index (χ3n) is 6.24. The Bertz CT molecular complexity index is 654. The molecule has 182 valence electrons. The van der Waals surface area contributed by atoms with Crippen molar-refractivity contribution in [3.63, 3.8) is 0 Å². The van der Waals surface area contributed by atoms with Crippen molar-refractivity contribution in [3.8, 4) is 0 Å². The number of allylic oxidation sites excluding steroid dienone is 4. The van der Waals surface area contributed by atoms with Gasteiger partial charge in [-0.3, -0.25) is 9.59 Å². The van der Waals surface area contributed by atoms with E-state index in [2.05, 4.69) is 19.1 Å². The number of Topliss-reactive ketones (excluding diaryl/α,β-unsaturated/α-hetero) is 2. The third kappa shape index (κ3) is 10.2. The zero-order chi connectivity index (χ0) is 23.6. The molecule has 4 heteroatoms. The predicted octanol–water partition coefficient (Wildman–Crippen LogP) is 7.78. The second kappa shape index (κ2) is 17.7. The molecule has 1 aliphatic rings. The molecule has 1 aliphatic carbocycles. The number of hydrogen-bond acceptors (Lipinski definition) is 4. The van der Waals surface area contributed by atoms with Crippen LogP contribution in [-0.4, -0.2) is 25.8 Å². The van der Waals surface area contributed by atoms with Crippen molar-refractivity contribution >= 4 is 11.6 Å². The number of ether oxygens (including phenoxy) is 2. The molecule has 0 radical (unpaired) electrons. The van der Waals surface area contributed by atoms with E-state index in [1.165, 1.54) is 97.7 Å². The highest BCUT2D eigenvalue weighted by molar-refractivity contribution is 6.23. The smallest absolute Gasteiger partial charge is 0.227 e. The van der Waals surface area contributed by atoms with Crippen LogP contribution in [0.2, 0.25) is 0 Å².